The number of nitro groups is 1. The number of aromatic nitrogens is 2. The van der Waals surface area contributed by atoms with E-state index in [1.165, 1.54) is 17.1 Å². The molecular weight excluding hydrogens is 282 g/mol. The van der Waals surface area contributed by atoms with Crippen LogP contribution in [0.15, 0.2) is 41.5 Å². The van der Waals surface area contributed by atoms with Crippen molar-refractivity contribution in [3.05, 3.63) is 57.2 Å². The third-order valence-corrected chi connectivity index (χ3v) is 2.63. The lowest BCUT2D eigenvalue weighted by Crippen LogP contribution is -2.11. The molecule has 0 aliphatic rings. The van der Waals surface area contributed by atoms with E-state index >= 15 is 0 Å². The van der Waals surface area contributed by atoms with Gasteiger partial charge in [-0.1, -0.05) is 11.6 Å². The average Bonchev–Trinajstić information content (AvgIpc) is 2.46. The molecular formula is C12H10ClN5O2. The van der Waals surface area contributed by atoms with Crippen molar-refractivity contribution in [3.63, 3.8) is 0 Å². The van der Waals surface area contributed by atoms with E-state index in [-0.39, 0.29) is 5.69 Å². The van der Waals surface area contributed by atoms with Crippen LogP contribution >= 0.6 is 11.6 Å². The number of hydrazone groups is 1. The number of nitro benzene ring substituents is 1. The minimum Gasteiger partial charge on any atom is -0.258 e. The Morgan fingerprint density at radius 1 is 1.25 bits per heavy atom. The maximum absolute atomic E-state index is 10.5. The fraction of sp³-hybridized carbons (Fsp3) is 0.0833. The van der Waals surface area contributed by atoms with E-state index in [2.05, 4.69) is 15.3 Å². The molecule has 0 spiro atoms. The van der Waals surface area contributed by atoms with Crippen LogP contribution in [0.3, 0.4) is 0 Å². The molecule has 0 aliphatic heterocycles. The molecule has 0 radical (unpaired) electrons. The molecule has 1 aromatic carbocycles. The zero-order chi connectivity index (χ0) is 14.5. The van der Waals surface area contributed by atoms with Crippen LogP contribution in [-0.4, -0.2) is 28.4 Å². The summed E-state index contributed by atoms with van der Waals surface area (Å²) in [5, 5.41) is 24.1. The first-order valence-electron chi connectivity index (χ1n) is 5.57. The molecule has 20 heavy (non-hydrogen) atoms. The number of halogens is 1. The molecule has 0 fully saturated rings. The number of hydrogen-bond acceptors (Lipinski definition) is 6. The van der Waals surface area contributed by atoms with Crippen molar-refractivity contribution in [2.24, 2.45) is 5.10 Å². The number of rotatable bonds is 4. The molecule has 0 unspecified atom stereocenters. The summed E-state index contributed by atoms with van der Waals surface area (Å²) in [6.07, 6.45) is 1.57. The van der Waals surface area contributed by atoms with E-state index in [0.29, 0.717) is 11.0 Å². The maximum Gasteiger partial charge on any atom is 0.269 e. The number of non-ortho nitro benzene ring substituents is 1. The first-order valence-corrected chi connectivity index (χ1v) is 5.95. The van der Waals surface area contributed by atoms with E-state index in [9.17, 15) is 10.1 Å². The molecule has 1 heterocycles. The first-order chi connectivity index (χ1) is 9.56. The summed E-state index contributed by atoms with van der Waals surface area (Å²) in [5.41, 5.74) is 0.781. The summed E-state index contributed by atoms with van der Waals surface area (Å²) in [6, 6.07) is 9.36. The van der Waals surface area contributed by atoms with Gasteiger partial charge in [-0.15, -0.1) is 10.2 Å². The minimum atomic E-state index is -0.448. The average molecular weight is 292 g/mol. The van der Waals surface area contributed by atoms with Gasteiger partial charge in [0.2, 0.25) is 0 Å². The van der Waals surface area contributed by atoms with E-state index < -0.39 is 4.92 Å². The molecule has 0 saturated heterocycles. The predicted octanol–water partition coefficient (Wildman–Crippen LogP) is 2.51. The van der Waals surface area contributed by atoms with Crippen molar-refractivity contribution in [1.29, 1.82) is 0 Å². The van der Waals surface area contributed by atoms with Crippen LogP contribution in [0.4, 0.5) is 11.5 Å². The van der Waals surface area contributed by atoms with E-state index in [1.54, 1.807) is 37.5 Å². The van der Waals surface area contributed by atoms with E-state index in [1.807, 2.05) is 0 Å². The van der Waals surface area contributed by atoms with Crippen molar-refractivity contribution in [2.45, 2.75) is 0 Å². The SMILES string of the molecule is CN(/N=C\c1ccc([N+](=O)[O-])cc1)c1ccc(Cl)nn1. The van der Waals surface area contributed by atoms with Crippen LogP contribution in [0, 0.1) is 10.1 Å². The van der Waals surface area contributed by atoms with Gasteiger partial charge in [-0.2, -0.15) is 5.10 Å². The van der Waals surface area contributed by atoms with Gasteiger partial charge in [-0.3, -0.25) is 10.1 Å². The van der Waals surface area contributed by atoms with Crippen molar-refractivity contribution in [3.8, 4) is 0 Å². The van der Waals surface area contributed by atoms with Crippen LogP contribution in [0.25, 0.3) is 0 Å². The number of anilines is 1. The molecule has 2 aromatic rings. The highest BCUT2D eigenvalue weighted by molar-refractivity contribution is 6.29. The van der Waals surface area contributed by atoms with Gasteiger partial charge in [0.25, 0.3) is 5.69 Å². The molecule has 102 valence electrons. The largest absolute Gasteiger partial charge is 0.269 e. The van der Waals surface area contributed by atoms with Crippen LogP contribution in [-0.2, 0) is 0 Å². The second kappa shape index (κ2) is 6.07. The quantitative estimate of drug-likeness (QED) is 0.491. The lowest BCUT2D eigenvalue weighted by molar-refractivity contribution is -0.384. The molecule has 0 aliphatic carbocycles. The number of hydrogen-bond donors (Lipinski definition) is 0. The molecule has 0 N–H and O–H groups in total. The minimum absolute atomic E-state index is 0.0408. The molecule has 0 saturated carbocycles. The summed E-state index contributed by atoms with van der Waals surface area (Å²) in [4.78, 5) is 10.1. The lowest BCUT2D eigenvalue weighted by Gasteiger charge is -2.10. The van der Waals surface area contributed by atoms with Gasteiger partial charge in [-0.05, 0) is 29.8 Å². The highest BCUT2D eigenvalue weighted by Crippen LogP contribution is 2.12. The third kappa shape index (κ3) is 3.48. The summed E-state index contributed by atoms with van der Waals surface area (Å²) in [5.74, 6) is 0.535. The third-order valence-electron chi connectivity index (χ3n) is 2.43. The molecule has 0 amide bonds. The van der Waals surface area contributed by atoms with Crippen LogP contribution in [0.1, 0.15) is 5.56 Å². The Morgan fingerprint density at radius 3 is 2.50 bits per heavy atom. The first kappa shape index (κ1) is 13.9. The zero-order valence-corrected chi connectivity index (χ0v) is 11.2. The Bertz CT molecular complexity index is 627. The Kier molecular flexibility index (Phi) is 4.21. The predicted molar refractivity (Wildman–Crippen MR) is 76.1 cm³/mol. The zero-order valence-electron chi connectivity index (χ0n) is 10.5. The second-order valence-corrected chi connectivity index (χ2v) is 4.22. The Labute approximate surface area is 119 Å². The fourth-order valence-electron chi connectivity index (χ4n) is 1.38. The Hall–Kier alpha value is -2.54. The van der Waals surface area contributed by atoms with Gasteiger partial charge in [0.1, 0.15) is 0 Å². The van der Waals surface area contributed by atoms with Gasteiger partial charge in [0.05, 0.1) is 11.1 Å². The van der Waals surface area contributed by atoms with Gasteiger partial charge >= 0.3 is 0 Å². The highest BCUT2D eigenvalue weighted by Gasteiger charge is 2.03. The normalized spacial score (nSPS) is 10.7. The van der Waals surface area contributed by atoms with Gasteiger partial charge in [0, 0.05) is 19.2 Å². The highest BCUT2D eigenvalue weighted by atomic mass is 35.5. The Balaban J connectivity index is 2.08. The molecule has 0 bridgehead atoms. The molecule has 1 aromatic heterocycles. The van der Waals surface area contributed by atoms with Crippen LogP contribution in [0.2, 0.25) is 5.15 Å². The smallest absolute Gasteiger partial charge is 0.258 e. The summed E-state index contributed by atoms with van der Waals surface area (Å²) in [6.45, 7) is 0. The summed E-state index contributed by atoms with van der Waals surface area (Å²) in [7, 11) is 1.71. The van der Waals surface area contributed by atoms with Gasteiger partial charge < -0.3 is 0 Å². The lowest BCUT2D eigenvalue weighted by atomic mass is 10.2. The number of nitrogens with zero attached hydrogens (tertiary/aromatic N) is 5. The van der Waals surface area contributed by atoms with Crippen molar-refractivity contribution >= 4 is 29.3 Å². The van der Waals surface area contributed by atoms with Crippen molar-refractivity contribution < 1.29 is 4.92 Å². The van der Waals surface area contributed by atoms with Crippen molar-refractivity contribution in [2.75, 3.05) is 12.1 Å². The topological polar surface area (TPSA) is 84.5 Å². The molecule has 7 nitrogen and oxygen atoms in total. The summed E-state index contributed by atoms with van der Waals surface area (Å²) >= 11 is 5.64. The standard InChI is InChI=1S/C12H10ClN5O2/c1-17(12-7-6-11(13)15-16-12)14-8-9-2-4-10(5-3-9)18(19)20/h2-8H,1H3/b14-8-. The van der Waals surface area contributed by atoms with Gasteiger partial charge in [0.15, 0.2) is 11.0 Å². The monoisotopic (exact) mass is 291 g/mol. The van der Waals surface area contributed by atoms with E-state index in [0.717, 1.165) is 5.56 Å². The number of benzene rings is 1. The molecule has 2 rings (SSSR count). The van der Waals surface area contributed by atoms with Gasteiger partial charge in [-0.25, -0.2) is 5.01 Å². The van der Waals surface area contributed by atoms with E-state index in [4.69, 9.17) is 11.6 Å². The maximum atomic E-state index is 10.5. The van der Waals surface area contributed by atoms with Crippen molar-refractivity contribution in [1.82, 2.24) is 10.2 Å². The Morgan fingerprint density at radius 2 is 1.95 bits per heavy atom. The van der Waals surface area contributed by atoms with Crippen LogP contribution in [0.5, 0.6) is 0 Å². The van der Waals surface area contributed by atoms with Crippen LogP contribution < -0.4 is 5.01 Å². The molecule has 0 atom stereocenters. The summed E-state index contributed by atoms with van der Waals surface area (Å²) < 4.78 is 0. The second-order valence-electron chi connectivity index (χ2n) is 3.83. The fourth-order valence-corrected chi connectivity index (χ4v) is 1.48. The molecule has 8 heteroatoms.